The standard InChI is InChI=1S/C43H49FN6O10S/c1-4-48-21-32(41(55)56)39(53)31-19-33(44)35(20-34(31)48)49-14-16-50(17-15-49)43(58)60-23-28-10-12-30(13-11-28)46-40(54)29(24-61-25-37(45)52)18-36(51)38(26(2)3)47-42(57)59-22-27-8-6-5-7-9-27/h5-13,19-21,26,29,38H,4,14-18,22-25H2,1-3H3,(H2,45,52)(H,46,54)(H,47,57)(H,55,56)/t29-,38-/m0/s1. The third-order valence-electron chi connectivity index (χ3n) is 10.1. The molecule has 3 aromatic carbocycles. The minimum Gasteiger partial charge on any atom is -0.477 e. The molecule has 0 aliphatic carbocycles. The van der Waals surface area contributed by atoms with Crippen LogP contribution in [0.4, 0.5) is 25.4 Å². The monoisotopic (exact) mass is 860 g/mol. The molecule has 0 spiro atoms. The number of nitrogens with two attached hydrogens (primary N) is 1. The van der Waals surface area contributed by atoms with E-state index in [9.17, 15) is 38.7 Å². The van der Waals surface area contributed by atoms with E-state index in [4.69, 9.17) is 15.2 Å². The summed E-state index contributed by atoms with van der Waals surface area (Å²) in [4.78, 5) is 91.6. The molecule has 1 aliphatic heterocycles. The van der Waals surface area contributed by atoms with Gasteiger partial charge >= 0.3 is 18.2 Å². The Labute approximate surface area is 355 Å². The minimum absolute atomic E-state index is 0.0179. The Morgan fingerprint density at radius 1 is 0.918 bits per heavy atom. The Hall–Kier alpha value is -6.43. The first-order valence-corrected chi connectivity index (χ1v) is 20.8. The predicted octanol–water partition coefficient (Wildman–Crippen LogP) is 5.00. The van der Waals surface area contributed by atoms with E-state index in [-0.39, 0.29) is 80.1 Å². The number of ether oxygens (including phenoxy) is 2. The van der Waals surface area contributed by atoms with Crippen LogP contribution < -0.4 is 26.7 Å². The van der Waals surface area contributed by atoms with Gasteiger partial charge in [0, 0.05) is 62.2 Å². The number of alkyl carbamates (subject to hydrolysis) is 1. The third-order valence-corrected chi connectivity index (χ3v) is 11.2. The molecule has 4 amide bonds. The number of fused-ring (bicyclic) bond motifs is 1. The van der Waals surface area contributed by atoms with Gasteiger partial charge in [0.1, 0.15) is 24.6 Å². The van der Waals surface area contributed by atoms with E-state index >= 15 is 4.39 Å². The number of rotatable bonds is 18. The average molecular weight is 861 g/mol. The molecular formula is C43H49FN6O10S. The fourth-order valence-corrected chi connectivity index (χ4v) is 7.63. The van der Waals surface area contributed by atoms with Gasteiger partial charge < -0.3 is 45.3 Å². The lowest BCUT2D eigenvalue weighted by molar-refractivity contribution is -0.127. The molecule has 4 aromatic rings. The van der Waals surface area contributed by atoms with Gasteiger partial charge in [0.2, 0.25) is 17.2 Å². The van der Waals surface area contributed by atoms with Crippen LogP contribution in [0.2, 0.25) is 0 Å². The summed E-state index contributed by atoms with van der Waals surface area (Å²) in [6, 6.07) is 17.3. The fraction of sp³-hybridized carbons (Fsp3) is 0.372. The number of aromatic carboxylic acids is 1. The predicted molar refractivity (Wildman–Crippen MR) is 228 cm³/mol. The van der Waals surface area contributed by atoms with Crippen LogP contribution in [0.15, 0.2) is 77.7 Å². The van der Waals surface area contributed by atoms with Crippen molar-refractivity contribution in [3.8, 4) is 0 Å². The number of anilines is 2. The largest absolute Gasteiger partial charge is 0.477 e. The van der Waals surface area contributed by atoms with E-state index in [1.54, 1.807) is 66.6 Å². The Bertz CT molecular complexity index is 2300. The third kappa shape index (κ3) is 12.3. The first-order chi connectivity index (χ1) is 29.1. The molecule has 5 N–H and O–H groups in total. The Morgan fingerprint density at radius 2 is 1.57 bits per heavy atom. The summed E-state index contributed by atoms with van der Waals surface area (Å²) >= 11 is 1.12. The number of pyridine rings is 1. The van der Waals surface area contributed by atoms with Gasteiger partial charge in [0.25, 0.3) is 0 Å². The first-order valence-electron chi connectivity index (χ1n) is 19.7. The Balaban J connectivity index is 1.13. The van der Waals surface area contributed by atoms with Gasteiger partial charge in [-0.1, -0.05) is 56.3 Å². The minimum atomic E-state index is -1.39. The van der Waals surface area contributed by atoms with E-state index < -0.39 is 58.7 Å². The number of benzene rings is 3. The molecular weight excluding hydrogens is 812 g/mol. The van der Waals surface area contributed by atoms with E-state index in [0.29, 0.717) is 23.3 Å². The molecule has 2 heterocycles. The summed E-state index contributed by atoms with van der Waals surface area (Å²) in [5, 5.41) is 14.8. The molecule has 0 radical (unpaired) electrons. The number of Topliss-reactive ketones (excluding diaryl/α,β-unsaturated/α-hetero) is 1. The number of carbonyl (C=O) groups is 6. The number of hydrogen-bond donors (Lipinski definition) is 4. The van der Waals surface area contributed by atoms with E-state index in [1.165, 1.54) is 17.2 Å². The molecule has 1 saturated heterocycles. The molecule has 16 nitrogen and oxygen atoms in total. The highest BCUT2D eigenvalue weighted by molar-refractivity contribution is 7.99. The van der Waals surface area contributed by atoms with Gasteiger partial charge in [-0.2, -0.15) is 11.8 Å². The van der Waals surface area contributed by atoms with Gasteiger partial charge in [0.15, 0.2) is 5.78 Å². The number of nitrogens with one attached hydrogen (secondary N) is 2. The number of aromatic nitrogens is 1. The van der Waals surface area contributed by atoms with Crippen molar-refractivity contribution in [2.24, 2.45) is 17.6 Å². The molecule has 5 rings (SSSR count). The van der Waals surface area contributed by atoms with Crippen LogP contribution in [0.1, 0.15) is 48.7 Å². The van der Waals surface area contributed by atoms with Crippen LogP contribution >= 0.6 is 11.8 Å². The zero-order valence-electron chi connectivity index (χ0n) is 34.1. The van der Waals surface area contributed by atoms with Crippen LogP contribution in [0.5, 0.6) is 0 Å². The van der Waals surface area contributed by atoms with Crippen LogP contribution in [0.25, 0.3) is 10.9 Å². The molecule has 1 fully saturated rings. The number of aryl methyl sites for hydroxylation is 1. The van der Waals surface area contributed by atoms with Crippen molar-refractivity contribution in [3.05, 3.63) is 106 Å². The second-order valence-corrected chi connectivity index (χ2v) is 15.8. The van der Waals surface area contributed by atoms with Crippen molar-refractivity contribution in [2.45, 2.75) is 53.0 Å². The number of carboxylic acid groups (broad SMARTS) is 1. The highest BCUT2D eigenvalue weighted by atomic mass is 32.2. The van der Waals surface area contributed by atoms with Crippen molar-refractivity contribution in [1.29, 1.82) is 0 Å². The number of carbonyl (C=O) groups excluding carboxylic acids is 5. The number of nitrogens with zero attached hydrogens (tertiary/aromatic N) is 3. The zero-order valence-corrected chi connectivity index (χ0v) is 34.9. The quantitative estimate of drug-likeness (QED) is 0.104. The summed E-state index contributed by atoms with van der Waals surface area (Å²) in [6.45, 7) is 6.63. The fourth-order valence-electron chi connectivity index (χ4n) is 6.76. The summed E-state index contributed by atoms with van der Waals surface area (Å²) in [7, 11) is 0. The summed E-state index contributed by atoms with van der Waals surface area (Å²) in [6.07, 6.45) is -0.317. The summed E-state index contributed by atoms with van der Waals surface area (Å²) in [5.74, 6) is -4.62. The molecule has 324 valence electrons. The Morgan fingerprint density at radius 3 is 2.20 bits per heavy atom. The van der Waals surface area contributed by atoms with E-state index in [0.717, 1.165) is 23.4 Å². The lowest BCUT2D eigenvalue weighted by atomic mass is 9.93. The molecule has 1 aromatic heterocycles. The smallest absolute Gasteiger partial charge is 0.410 e. The van der Waals surface area contributed by atoms with E-state index in [2.05, 4.69) is 10.6 Å². The van der Waals surface area contributed by atoms with E-state index in [1.807, 2.05) is 18.2 Å². The van der Waals surface area contributed by atoms with Gasteiger partial charge in [-0.3, -0.25) is 19.2 Å². The number of thioether (sulfide) groups is 1. The molecule has 18 heteroatoms. The lowest BCUT2D eigenvalue weighted by Crippen LogP contribution is -2.49. The number of carboxylic acids is 1. The summed E-state index contributed by atoms with van der Waals surface area (Å²) in [5.41, 5.74) is 6.55. The maximum absolute atomic E-state index is 15.3. The van der Waals surface area contributed by atoms with Gasteiger partial charge in [-0.05, 0) is 48.2 Å². The topological polar surface area (TPSA) is 220 Å². The number of ketones is 1. The molecule has 1 aliphatic rings. The van der Waals surface area contributed by atoms with Gasteiger partial charge in [-0.25, -0.2) is 18.8 Å². The second kappa shape index (κ2) is 21.2. The number of piperazine rings is 1. The first kappa shape index (κ1) is 45.7. The summed E-state index contributed by atoms with van der Waals surface area (Å²) < 4.78 is 27.8. The molecule has 61 heavy (non-hydrogen) atoms. The molecule has 0 unspecified atom stereocenters. The molecule has 0 saturated carbocycles. The van der Waals surface area contributed by atoms with Crippen LogP contribution in [0.3, 0.4) is 0 Å². The SMILES string of the molecule is CCn1cc(C(=O)O)c(=O)c2cc(F)c(N3CCN(C(=O)OCc4ccc(NC(=O)[C@H](CSCC(N)=O)CC(=O)[C@@H](NC(=O)OCc5ccccc5)C(C)C)cc4)CC3)cc21. The number of halogens is 1. The van der Waals surface area contributed by atoms with Gasteiger partial charge in [0.05, 0.1) is 28.9 Å². The maximum Gasteiger partial charge on any atom is 0.410 e. The maximum atomic E-state index is 15.3. The number of primary amides is 1. The van der Waals surface area contributed by atoms with Crippen molar-refractivity contribution in [1.82, 2.24) is 14.8 Å². The molecule has 0 bridgehead atoms. The normalized spacial score (nSPS) is 13.7. The van der Waals surface area contributed by atoms with Crippen molar-refractivity contribution >= 4 is 69.8 Å². The highest BCUT2D eigenvalue weighted by Crippen LogP contribution is 2.27. The van der Waals surface area contributed by atoms with Crippen LogP contribution in [-0.2, 0) is 43.6 Å². The van der Waals surface area contributed by atoms with Crippen molar-refractivity contribution < 1.29 is 47.7 Å². The zero-order chi connectivity index (χ0) is 44.2. The number of amides is 4. The average Bonchev–Trinajstić information content (AvgIpc) is 3.24. The van der Waals surface area contributed by atoms with Crippen molar-refractivity contribution in [2.75, 3.05) is 47.9 Å². The van der Waals surface area contributed by atoms with Gasteiger partial charge in [-0.15, -0.1) is 0 Å². The second-order valence-electron chi connectivity index (χ2n) is 14.8. The number of hydrogen-bond acceptors (Lipinski definition) is 11. The van der Waals surface area contributed by atoms with Crippen molar-refractivity contribution in [3.63, 3.8) is 0 Å². The Kier molecular flexibility index (Phi) is 15.9. The lowest BCUT2D eigenvalue weighted by Gasteiger charge is -2.35. The van der Waals surface area contributed by atoms with Crippen LogP contribution in [0, 0.1) is 17.7 Å². The van der Waals surface area contributed by atoms with Crippen LogP contribution in [-0.4, -0.2) is 94.1 Å². The molecule has 2 atom stereocenters. The highest BCUT2D eigenvalue weighted by Gasteiger charge is 2.31.